The number of halogens is 1. The van der Waals surface area contributed by atoms with Gasteiger partial charge in [-0.05, 0) is 37.6 Å². The third-order valence-corrected chi connectivity index (χ3v) is 5.60. The number of carbonyl (C=O) groups excluding carboxylic acids is 1. The van der Waals surface area contributed by atoms with Crippen LogP contribution in [-0.4, -0.2) is 74.9 Å². The summed E-state index contributed by atoms with van der Waals surface area (Å²) in [5.74, 6) is 0.918. The van der Waals surface area contributed by atoms with Crippen LogP contribution in [0.2, 0.25) is 0 Å². The molecule has 2 N–H and O–H groups in total. The lowest BCUT2D eigenvalue weighted by molar-refractivity contribution is -0.0817. The van der Waals surface area contributed by atoms with Crippen molar-refractivity contribution in [1.29, 1.82) is 0 Å². The number of hydrogen-bond acceptors (Lipinski definition) is 5. The number of ether oxygens (including phenoxy) is 2. The number of aliphatic imine (C=N–C) groups is 1. The number of morpholine rings is 1. The number of nitrogens with one attached hydrogen (secondary N) is 2. The van der Waals surface area contributed by atoms with Gasteiger partial charge in [0.2, 0.25) is 0 Å². The summed E-state index contributed by atoms with van der Waals surface area (Å²) < 4.78 is 11.7. The van der Waals surface area contributed by atoms with E-state index in [9.17, 15) is 4.79 Å². The van der Waals surface area contributed by atoms with Gasteiger partial charge >= 0.3 is 0 Å². The Morgan fingerprint density at radius 1 is 1.32 bits per heavy atom. The molecule has 2 aliphatic heterocycles. The Bertz CT molecular complexity index is 608. The Kier molecular flexibility index (Phi) is 10.5. The Hall–Kier alpha value is -0.910. The minimum atomic E-state index is -0.00605. The molecule has 0 bridgehead atoms. The summed E-state index contributed by atoms with van der Waals surface area (Å²) >= 11 is 1.46. The predicted octanol–water partition coefficient (Wildman–Crippen LogP) is 2.33. The molecule has 28 heavy (non-hydrogen) atoms. The average Bonchev–Trinajstić information content (AvgIpc) is 3.40. The SMILES string of the molecule is CCNC(=NCCCNC(=O)c1cccs1)N1CCOC(C2CCCO2)C1.I. The van der Waals surface area contributed by atoms with Crippen molar-refractivity contribution in [3.8, 4) is 0 Å². The van der Waals surface area contributed by atoms with Crippen molar-refractivity contribution in [3.63, 3.8) is 0 Å². The minimum Gasteiger partial charge on any atom is -0.375 e. The van der Waals surface area contributed by atoms with Gasteiger partial charge in [-0.1, -0.05) is 6.07 Å². The van der Waals surface area contributed by atoms with Crippen LogP contribution < -0.4 is 10.6 Å². The van der Waals surface area contributed by atoms with Crippen molar-refractivity contribution < 1.29 is 14.3 Å². The van der Waals surface area contributed by atoms with Crippen LogP contribution in [0.4, 0.5) is 0 Å². The van der Waals surface area contributed by atoms with E-state index in [1.165, 1.54) is 11.3 Å². The van der Waals surface area contributed by atoms with Crippen LogP contribution in [0.1, 0.15) is 35.9 Å². The van der Waals surface area contributed by atoms with Crippen LogP contribution in [-0.2, 0) is 9.47 Å². The summed E-state index contributed by atoms with van der Waals surface area (Å²) in [6, 6.07) is 3.73. The van der Waals surface area contributed by atoms with Crippen LogP contribution in [0.25, 0.3) is 0 Å². The fraction of sp³-hybridized carbons (Fsp3) is 0.684. The number of amides is 1. The van der Waals surface area contributed by atoms with E-state index in [2.05, 4.69) is 22.5 Å². The number of hydrogen-bond donors (Lipinski definition) is 2. The van der Waals surface area contributed by atoms with Crippen LogP contribution >= 0.6 is 35.3 Å². The average molecular weight is 522 g/mol. The Morgan fingerprint density at radius 3 is 2.89 bits per heavy atom. The molecule has 0 saturated carbocycles. The fourth-order valence-corrected chi connectivity index (χ4v) is 4.02. The molecular weight excluding hydrogens is 491 g/mol. The molecule has 0 aromatic carbocycles. The summed E-state index contributed by atoms with van der Waals surface area (Å²) in [4.78, 5) is 19.7. The smallest absolute Gasteiger partial charge is 0.261 e. The van der Waals surface area contributed by atoms with E-state index in [0.29, 0.717) is 19.7 Å². The van der Waals surface area contributed by atoms with Gasteiger partial charge < -0.3 is 25.0 Å². The lowest BCUT2D eigenvalue weighted by atomic mass is 10.1. The van der Waals surface area contributed by atoms with Gasteiger partial charge in [0.25, 0.3) is 5.91 Å². The van der Waals surface area contributed by atoms with Crippen LogP contribution in [0.5, 0.6) is 0 Å². The summed E-state index contributed by atoms with van der Waals surface area (Å²) in [5.41, 5.74) is 0. The monoisotopic (exact) mass is 522 g/mol. The molecule has 3 rings (SSSR count). The van der Waals surface area contributed by atoms with E-state index in [0.717, 1.165) is 56.3 Å². The first-order valence-corrected chi connectivity index (χ1v) is 10.7. The van der Waals surface area contributed by atoms with Crippen molar-refractivity contribution in [2.75, 3.05) is 45.9 Å². The molecule has 0 radical (unpaired) electrons. The van der Waals surface area contributed by atoms with Gasteiger partial charge in [0.1, 0.15) is 6.10 Å². The molecule has 2 aliphatic rings. The highest BCUT2D eigenvalue weighted by Gasteiger charge is 2.32. The molecule has 0 spiro atoms. The zero-order chi connectivity index (χ0) is 18.9. The Labute approximate surface area is 188 Å². The predicted molar refractivity (Wildman–Crippen MR) is 123 cm³/mol. The molecule has 2 saturated heterocycles. The molecule has 7 nitrogen and oxygen atoms in total. The summed E-state index contributed by atoms with van der Waals surface area (Å²) in [7, 11) is 0. The van der Waals surface area contributed by atoms with Crippen LogP contribution in [0.3, 0.4) is 0 Å². The quantitative estimate of drug-likeness (QED) is 0.249. The van der Waals surface area contributed by atoms with E-state index in [4.69, 9.17) is 14.5 Å². The zero-order valence-electron chi connectivity index (χ0n) is 16.4. The maximum absolute atomic E-state index is 11.9. The third-order valence-electron chi connectivity index (χ3n) is 4.73. The molecule has 0 aliphatic carbocycles. The second-order valence-corrected chi connectivity index (χ2v) is 7.68. The molecule has 158 valence electrons. The van der Waals surface area contributed by atoms with E-state index in [-0.39, 0.29) is 42.1 Å². The summed E-state index contributed by atoms with van der Waals surface area (Å²) in [6.07, 6.45) is 3.34. The van der Waals surface area contributed by atoms with Gasteiger partial charge in [-0.25, -0.2) is 0 Å². The van der Waals surface area contributed by atoms with Crippen molar-refractivity contribution in [2.24, 2.45) is 4.99 Å². The van der Waals surface area contributed by atoms with Crippen molar-refractivity contribution >= 4 is 47.2 Å². The molecule has 1 aromatic heterocycles. The second-order valence-electron chi connectivity index (χ2n) is 6.73. The third kappa shape index (κ3) is 6.85. The highest BCUT2D eigenvalue weighted by molar-refractivity contribution is 14.0. The molecular formula is C19H31IN4O3S. The van der Waals surface area contributed by atoms with Crippen molar-refractivity contribution in [3.05, 3.63) is 22.4 Å². The maximum atomic E-state index is 11.9. The number of thiophene rings is 1. The maximum Gasteiger partial charge on any atom is 0.261 e. The number of guanidine groups is 1. The normalized spacial score (nSPS) is 22.6. The largest absolute Gasteiger partial charge is 0.375 e. The minimum absolute atomic E-state index is 0. The first kappa shape index (κ1) is 23.4. The van der Waals surface area contributed by atoms with Crippen molar-refractivity contribution in [1.82, 2.24) is 15.5 Å². The van der Waals surface area contributed by atoms with Gasteiger partial charge in [0, 0.05) is 39.3 Å². The van der Waals surface area contributed by atoms with E-state index >= 15 is 0 Å². The van der Waals surface area contributed by atoms with Crippen LogP contribution in [0, 0.1) is 0 Å². The lowest BCUT2D eigenvalue weighted by Crippen LogP contribution is -2.53. The molecule has 9 heteroatoms. The van der Waals surface area contributed by atoms with Gasteiger partial charge in [-0.15, -0.1) is 35.3 Å². The molecule has 2 atom stereocenters. The van der Waals surface area contributed by atoms with E-state index in [1.807, 2.05) is 17.5 Å². The molecule has 3 heterocycles. The molecule has 1 aromatic rings. The summed E-state index contributed by atoms with van der Waals surface area (Å²) in [6.45, 7) is 7.40. The first-order chi connectivity index (χ1) is 13.3. The molecule has 1 amide bonds. The Balaban J connectivity index is 0.00000280. The standard InChI is InChI=1S/C19H30N4O3S.HI/c1-2-20-19(22-9-5-8-21-18(24)17-7-4-13-27-17)23-10-12-26-16(14-23)15-6-3-11-25-15;/h4,7,13,15-16H,2-3,5-6,8-12,14H2,1H3,(H,20,22)(H,21,24);1H. The topological polar surface area (TPSA) is 75.2 Å². The fourth-order valence-electron chi connectivity index (χ4n) is 3.38. The number of carbonyl (C=O) groups is 1. The molecule has 2 unspecified atom stereocenters. The van der Waals surface area contributed by atoms with E-state index in [1.54, 1.807) is 0 Å². The molecule has 2 fully saturated rings. The van der Waals surface area contributed by atoms with Gasteiger partial charge in [0.05, 0.1) is 17.6 Å². The van der Waals surface area contributed by atoms with Crippen molar-refractivity contribution in [2.45, 2.75) is 38.4 Å². The van der Waals surface area contributed by atoms with Gasteiger partial charge in [-0.2, -0.15) is 0 Å². The Morgan fingerprint density at radius 2 is 2.18 bits per heavy atom. The van der Waals surface area contributed by atoms with E-state index < -0.39 is 0 Å². The van der Waals surface area contributed by atoms with Gasteiger partial charge in [0.15, 0.2) is 5.96 Å². The number of rotatable bonds is 7. The second kappa shape index (κ2) is 12.6. The first-order valence-electron chi connectivity index (χ1n) is 9.86. The lowest BCUT2D eigenvalue weighted by Gasteiger charge is -2.37. The number of nitrogens with zero attached hydrogens (tertiary/aromatic N) is 2. The highest BCUT2D eigenvalue weighted by atomic mass is 127. The van der Waals surface area contributed by atoms with Gasteiger partial charge in [-0.3, -0.25) is 9.79 Å². The van der Waals surface area contributed by atoms with Crippen LogP contribution in [0.15, 0.2) is 22.5 Å². The highest BCUT2D eigenvalue weighted by Crippen LogP contribution is 2.21. The summed E-state index contributed by atoms with van der Waals surface area (Å²) in [5, 5.41) is 8.24. The zero-order valence-corrected chi connectivity index (χ0v) is 19.5.